The van der Waals surface area contributed by atoms with Gasteiger partial charge in [-0.25, -0.2) is 18.2 Å². The lowest BCUT2D eigenvalue weighted by atomic mass is 9.95. The van der Waals surface area contributed by atoms with E-state index < -0.39 is 28.6 Å². The summed E-state index contributed by atoms with van der Waals surface area (Å²) in [6, 6.07) is 16.1. The average Bonchev–Trinajstić information content (AvgIpc) is 3.00. The number of amides is 2. The Kier molecular flexibility index (Phi) is 7.43. The SMILES string of the molecule is CN(CC(=O)O)S(=O)(=O)c1cnc(NNC(=O)NC2c3ccccc3CCc3ccccc32)c(Cl)c1. The number of hydrazine groups is 1. The number of likely N-dealkylation sites (N-methyl/N-ethyl adjacent to an activating group) is 1. The van der Waals surface area contributed by atoms with Crippen LogP contribution in [0, 0.1) is 0 Å². The number of anilines is 1. The van der Waals surface area contributed by atoms with Crippen LogP contribution in [-0.2, 0) is 27.7 Å². The summed E-state index contributed by atoms with van der Waals surface area (Å²) < 4.78 is 25.7. The van der Waals surface area contributed by atoms with Gasteiger partial charge in [0.15, 0.2) is 5.82 Å². The number of hydrogen-bond acceptors (Lipinski definition) is 6. The molecule has 0 spiro atoms. The van der Waals surface area contributed by atoms with Crippen LogP contribution in [0.4, 0.5) is 10.6 Å². The number of carboxylic acids is 1. The maximum atomic E-state index is 12.8. The van der Waals surface area contributed by atoms with Crippen molar-refractivity contribution in [2.45, 2.75) is 23.8 Å². The number of nitrogens with zero attached hydrogens (tertiary/aromatic N) is 2. The van der Waals surface area contributed by atoms with Gasteiger partial charge in [0.1, 0.15) is 11.4 Å². The van der Waals surface area contributed by atoms with Crippen LogP contribution in [0.15, 0.2) is 65.7 Å². The zero-order valence-electron chi connectivity index (χ0n) is 19.2. The zero-order chi connectivity index (χ0) is 25.9. The van der Waals surface area contributed by atoms with Crippen LogP contribution in [0.25, 0.3) is 0 Å². The van der Waals surface area contributed by atoms with Crippen LogP contribution in [0.3, 0.4) is 0 Å². The van der Waals surface area contributed by atoms with Crippen LogP contribution in [0.5, 0.6) is 0 Å². The number of carbonyl (C=O) groups is 2. The van der Waals surface area contributed by atoms with Crippen LogP contribution < -0.4 is 16.2 Å². The third-order valence-electron chi connectivity index (χ3n) is 5.85. The number of hydrogen-bond donors (Lipinski definition) is 4. The predicted octanol–water partition coefficient (Wildman–Crippen LogP) is 2.95. The van der Waals surface area contributed by atoms with Crippen molar-refractivity contribution in [1.82, 2.24) is 20.0 Å². The number of urea groups is 1. The lowest BCUT2D eigenvalue weighted by Gasteiger charge is -2.22. The van der Waals surface area contributed by atoms with E-state index in [2.05, 4.69) is 33.3 Å². The minimum Gasteiger partial charge on any atom is -0.480 e. The monoisotopic (exact) mass is 529 g/mol. The number of fused-ring (bicyclic) bond motifs is 2. The molecule has 0 radical (unpaired) electrons. The highest BCUT2D eigenvalue weighted by Gasteiger charge is 2.26. The van der Waals surface area contributed by atoms with Gasteiger partial charge in [0.25, 0.3) is 0 Å². The van der Waals surface area contributed by atoms with Crippen molar-refractivity contribution in [1.29, 1.82) is 0 Å². The molecule has 0 saturated carbocycles. The molecular weight excluding hydrogens is 506 g/mol. The van der Waals surface area contributed by atoms with Crippen molar-refractivity contribution >= 4 is 39.4 Å². The van der Waals surface area contributed by atoms with Gasteiger partial charge >= 0.3 is 12.0 Å². The maximum absolute atomic E-state index is 12.8. The summed E-state index contributed by atoms with van der Waals surface area (Å²) in [6.45, 7) is -0.713. The van der Waals surface area contributed by atoms with E-state index in [0.29, 0.717) is 4.31 Å². The Labute approximate surface area is 213 Å². The van der Waals surface area contributed by atoms with Crippen LogP contribution >= 0.6 is 11.6 Å². The first kappa shape index (κ1) is 25.4. The number of benzene rings is 2. The Balaban J connectivity index is 1.48. The van der Waals surface area contributed by atoms with Gasteiger partial charge in [-0.15, -0.1) is 0 Å². The number of rotatable bonds is 7. The van der Waals surface area contributed by atoms with E-state index in [0.717, 1.165) is 54.4 Å². The summed E-state index contributed by atoms with van der Waals surface area (Å²) in [7, 11) is -2.97. The molecule has 2 aromatic carbocycles. The molecule has 1 aromatic heterocycles. The van der Waals surface area contributed by atoms with Crippen LogP contribution in [-0.4, -0.2) is 48.4 Å². The molecule has 188 valence electrons. The maximum Gasteiger partial charge on any atom is 0.334 e. The number of pyridine rings is 1. The average molecular weight is 530 g/mol. The summed E-state index contributed by atoms with van der Waals surface area (Å²) in [6.07, 6.45) is 2.75. The van der Waals surface area contributed by atoms with Crippen molar-refractivity contribution in [3.05, 3.63) is 88.1 Å². The second-order valence-corrected chi connectivity index (χ2v) is 10.7. The van der Waals surface area contributed by atoms with Gasteiger partial charge in [0, 0.05) is 13.2 Å². The highest BCUT2D eigenvalue weighted by atomic mass is 35.5. The van der Waals surface area contributed by atoms with Gasteiger partial charge in [-0.2, -0.15) is 4.31 Å². The fraction of sp³-hybridized carbons (Fsp3) is 0.208. The number of carboxylic acid groups (broad SMARTS) is 1. The Hall–Kier alpha value is -3.67. The molecule has 1 heterocycles. The topological polar surface area (TPSA) is 141 Å². The van der Waals surface area contributed by atoms with Gasteiger partial charge in [-0.1, -0.05) is 60.1 Å². The molecule has 4 N–H and O–H groups in total. The Bertz CT molecular complexity index is 1370. The highest BCUT2D eigenvalue weighted by molar-refractivity contribution is 7.89. The minimum atomic E-state index is -4.11. The van der Waals surface area contributed by atoms with Gasteiger partial charge < -0.3 is 10.4 Å². The summed E-state index contributed by atoms with van der Waals surface area (Å²) in [5.41, 5.74) is 9.41. The summed E-state index contributed by atoms with van der Waals surface area (Å²) in [5, 5.41) is 11.8. The van der Waals surface area contributed by atoms with Crippen molar-refractivity contribution in [3.63, 3.8) is 0 Å². The van der Waals surface area contributed by atoms with Gasteiger partial charge in [0.05, 0.1) is 11.1 Å². The molecule has 36 heavy (non-hydrogen) atoms. The second-order valence-electron chi connectivity index (χ2n) is 8.21. The summed E-state index contributed by atoms with van der Waals surface area (Å²) in [5.74, 6) is -1.28. The summed E-state index contributed by atoms with van der Waals surface area (Å²) in [4.78, 5) is 27.4. The van der Waals surface area contributed by atoms with Gasteiger partial charge in [0.2, 0.25) is 10.0 Å². The number of aliphatic carboxylic acids is 1. The molecule has 1 aliphatic rings. The normalized spacial score (nSPS) is 13.3. The molecular formula is C24H24ClN5O5S. The lowest BCUT2D eigenvalue weighted by molar-refractivity contribution is -0.137. The molecule has 0 unspecified atom stereocenters. The molecule has 10 nitrogen and oxygen atoms in total. The van der Waals surface area contributed by atoms with Crippen molar-refractivity contribution in [2.24, 2.45) is 0 Å². The molecule has 0 atom stereocenters. The second kappa shape index (κ2) is 10.5. The fourth-order valence-electron chi connectivity index (χ4n) is 4.07. The zero-order valence-corrected chi connectivity index (χ0v) is 20.8. The largest absolute Gasteiger partial charge is 0.480 e. The quantitative estimate of drug-likeness (QED) is 0.345. The first-order valence-corrected chi connectivity index (χ1v) is 12.8. The number of carbonyl (C=O) groups excluding carboxylic acids is 1. The first-order chi connectivity index (χ1) is 17.2. The Morgan fingerprint density at radius 3 is 2.22 bits per heavy atom. The molecule has 1 aliphatic carbocycles. The van der Waals surface area contributed by atoms with E-state index in [4.69, 9.17) is 16.7 Å². The van der Waals surface area contributed by atoms with Gasteiger partial charge in [-0.05, 0) is 41.2 Å². The Morgan fingerprint density at radius 2 is 1.67 bits per heavy atom. The van der Waals surface area contributed by atoms with E-state index in [1.807, 2.05) is 36.4 Å². The number of aromatic nitrogens is 1. The number of aryl methyl sites for hydroxylation is 2. The van der Waals surface area contributed by atoms with Crippen LogP contribution in [0.2, 0.25) is 5.02 Å². The molecule has 3 aromatic rings. The van der Waals surface area contributed by atoms with E-state index in [1.165, 1.54) is 0 Å². The minimum absolute atomic E-state index is 0.0216. The fourth-order valence-corrected chi connectivity index (χ4v) is 5.44. The van der Waals surface area contributed by atoms with Gasteiger partial charge in [-0.3, -0.25) is 15.6 Å². The molecule has 12 heteroatoms. The molecule has 0 bridgehead atoms. The Morgan fingerprint density at radius 1 is 1.08 bits per heavy atom. The van der Waals surface area contributed by atoms with Crippen molar-refractivity contribution in [3.8, 4) is 0 Å². The third-order valence-corrected chi connectivity index (χ3v) is 7.90. The molecule has 2 amide bonds. The highest BCUT2D eigenvalue weighted by Crippen LogP contribution is 2.32. The van der Waals surface area contributed by atoms with E-state index in [1.54, 1.807) is 0 Å². The number of halogens is 1. The smallest absolute Gasteiger partial charge is 0.334 e. The molecule has 4 rings (SSSR count). The number of sulfonamides is 1. The molecule has 0 fully saturated rings. The number of nitrogens with one attached hydrogen (secondary N) is 3. The van der Waals surface area contributed by atoms with E-state index in [-0.39, 0.29) is 21.8 Å². The molecule has 0 aliphatic heterocycles. The van der Waals surface area contributed by atoms with Crippen LogP contribution in [0.1, 0.15) is 28.3 Å². The standard InChI is InChI=1S/C24H24ClN5O5S/c1-30(14-21(31)32)36(34,35)17-12-20(25)23(26-13-17)28-29-24(33)27-22-18-8-4-2-6-15(18)10-11-16-7-3-5-9-19(16)22/h2-9,12-13,22H,10-11,14H2,1H3,(H,26,28)(H,31,32)(H2,27,29,33). The lowest BCUT2D eigenvalue weighted by Crippen LogP contribution is -2.41. The van der Waals surface area contributed by atoms with Crippen molar-refractivity contribution in [2.75, 3.05) is 19.0 Å². The van der Waals surface area contributed by atoms with E-state index >= 15 is 0 Å². The molecule has 0 saturated heterocycles. The summed E-state index contributed by atoms with van der Waals surface area (Å²) >= 11 is 6.18. The van der Waals surface area contributed by atoms with Crippen molar-refractivity contribution < 1.29 is 23.1 Å². The van der Waals surface area contributed by atoms with E-state index in [9.17, 15) is 18.0 Å². The first-order valence-electron chi connectivity index (χ1n) is 11.0. The third kappa shape index (κ3) is 5.43. The predicted molar refractivity (Wildman–Crippen MR) is 134 cm³/mol.